The smallest absolute Gasteiger partial charge is 0.412 e. The molecule has 0 saturated carbocycles. The Morgan fingerprint density at radius 2 is 1.45 bits per heavy atom. The lowest BCUT2D eigenvalue weighted by atomic mass is 9.97. The molecule has 12 heteroatoms. The van der Waals surface area contributed by atoms with Crippen molar-refractivity contribution in [2.45, 2.75) is 225 Å². The summed E-state index contributed by atoms with van der Waals surface area (Å²) >= 11 is 0. The molecule has 58 heavy (non-hydrogen) atoms. The molecule has 2 saturated heterocycles. The molecule has 0 radical (unpaired) electrons. The SMILES string of the molecule is CCOC(=O)/C=C/CCCC[C@@H](OCOC)[C@@H]1OC(C)(C)O[C@@H]1CCC(=O)CCCCCCCCCCCCCCCOC[C@H]1COC(C)(C)N1C(=O)OC(C)(C)C. The quantitative estimate of drug-likeness (QED) is 0.0278. The van der Waals surface area contributed by atoms with Crippen molar-refractivity contribution >= 4 is 17.8 Å². The Bertz CT molecular complexity index is 1170. The Labute approximate surface area is 352 Å². The molecule has 0 bridgehead atoms. The summed E-state index contributed by atoms with van der Waals surface area (Å²) in [7, 11) is 1.61. The van der Waals surface area contributed by atoms with E-state index in [2.05, 4.69) is 0 Å². The molecule has 0 aromatic heterocycles. The number of hydrogen-bond donors (Lipinski definition) is 0. The minimum atomic E-state index is -0.743. The molecule has 338 valence electrons. The summed E-state index contributed by atoms with van der Waals surface area (Å²) in [5, 5.41) is 0. The van der Waals surface area contributed by atoms with E-state index in [0.29, 0.717) is 45.7 Å². The molecule has 2 aliphatic heterocycles. The number of methoxy groups -OCH3 is 1. The number of carbonyl (C=O) groups is 3. The van der Waals surface area contributed by atoms with Crippen molar-refractivity contribution in [3.63, 3.8) is 0 Å². The molecular formula is C46H83NO11. The van der Waals surface area contributed by atoms with E-state index in [-0.39, 0.29) is 49.0 Å². The van der Waals surface area contributed by atoms with Crippen molar-refractivity contribution in [3.8, 4) is 0 Å². The van der Waals surface area contributed by atoms with Gasteiger partial charge in [0.2, 0.25) is 0 Å². The second kappa shape index (κ2) is 28.4. The number of carbonyl (C=O) groups excluding carboxylic acids is 3. The summed E-state index contributed by atoms with van der Waals surface area (Å²) in [5.74, 6) is -0.766. The van der Waals surface area contributed by atoms with Gasteiger partial charge in [-0.3, -0.25) is 9.69 Å². The lowest BCUT2D eigenvalue weighted by Crippen LogP contribution is -2.51. The first kappa shape index (κ1) is 52.0. The summed E-state index contributed by atoms with van der Waals surface area (Å²) in [4.78, 5) is 38.8. The molecule has 0 unspecified atom stereocenters. The van der Waals surface area contributed by atoms with Crippen LogP contribution < -0.4 is 0 Å². The fourth-order valence-corrected chi connectivity index (χ4v) is 7.68. The van der Waals surface area contributed by atoms with Gasteiger partial charge in [0, 0.05) is 32.6 Å². The van der Waals surface area contributed by atoms with E-state index in [1.54, 1.807) is 18.9 Å². The fourth-order valence-electron chi connectivity index (χ4n) is 7.68. The molecule has 12 nitrogen and oxygen atoms in total. The van der Waals surface area contributed by atoms with Gasteiger partial charge in [-0.2, -0.15) is 0 Å². The average Bonchev–Trinajstić information content (AvgIpc) is 3.63. The maximum atomic E-state index is 12.8. The third-order valence-electron chi connectivity index (χ3n) is 10.6. The van der Waals surface area contributed by atoms with Crippen LogP contribution in [0.2, 0.25) is 0 Å². The zero-order valence-corrected chi connectivity index (χ0v) is 38.1. The third-order valence-corrected chi connectivity index (χ3v) is 10.6. The molecular weight excluding hydrogens is 743 g/mol. The van der Waals surface area contributed by atoms with Crippen molar-refractivity contribution in [1.82, 2.24) is 4.90 Å². The highest BCUT2D eigenvalue weighted by atomic mass is 16.8. The van der Waals surface area contributed by atoms with Crippen molar-refractivity contribution in [2.24, 2.45) is 0 Å². The number of ketones is 1. The summed E-state index contributed by atoms with van der Waals surface area (Å²) in [6.45, 7) is 17.2. The number of Topliss-reactive ketones (excluding diaryl/α,β-unsaturated/α-hetero) is 1. The van der Waals surface area contributed by atoms with E-state index < -0.39 is 17.1 Å². The Balaban J connectivity index is 1.48. The van der Waals surface area contributed by atoms with E-state index in [1.807, 2.05) is 54.5 Å². The van der Waals surface area contributed by atoms with E-state index in [9.17, 15) is 14.4 Å². The van der Waals surface area contributed by atoms with E-state index in [4.69, 9.17) is 37.9 Å². The number of ether oxygens (including phenoxy) is 8. The van der Waals surface area contributed by atoms with Crippen molar-refractivity contribution < 1.29 is 52.3 Å². The molecule has 0 N–H and O–H groups in total. The highest BCUT2D eigenvalue weighted by molar-refractivity contribution is 5.81. The van der Waals surface area contributed by atoms with Crippen LogP contribution in [0.5, 0.6) is 0 Å². The minimum Gasteiger partial charge on any atom is -0.463 e. The van der Waals surface area contributed by atoms with Crippen LogP contribution in [0.25, 0.3) is 0 Å². The van der Waals surface area contributed by atoms with Gasteiger partial charge in [0.1, 0.15) is 30.0 Å². The van der Waals surface area contributed by atoms with Gasteiger partial charge in [-0.1, -0.05) is 83.1 Å². The van der Waals surface area contributed by atoms with Gasteiger partial charge in [0.15, 0.2) is 5.79 Å². The Kier molecular flexibility index (Phi) is 25.5. The summed E-state index contributed by atoms with van der Waals surface area (Å²) < 4.78 is 46.2. The van der Waals surface area contributed by atoms with Crippen LogP contribution in [-0.4, -0.2) is 105 Å². The summed E-state index contributed by atoms with van der Waals surface area (Å²) in [5.41, 5.74) is -1.25. The van der Waals surface area contributed by atoms with Gasteiger partial charge in [-0.15, -0.1) is 0 Å². The number of hydrogen-bond acceptors (Lipinski definition) is 11. The monoisotopic (exact) mass is 826 g/mol. The second-order valence-electron chi connectivity index (χ2n) is 17.9. The molecule has 1 amide bonds. The van der Waals surface area contributed by atoms with Gasteiger partial charge < -0.3 is 37.9 Å². The van der Waals surface area contributed by atoms with Crippen LogP contribution in [0.1, 0.15) is 184 Å². The number of allylic oxidation sites excluding steroid dienone is 1. The molecule has 4 atom stereocenters. The zero-order valence-electron chi connectivity index (χ0n) is 38.1. The van der Waals surface area contributed by atoms with Crippen LogP contribution >= 0.6 is 0 Å². The first-order valence-corrected chi connectivity index (χ1v) is 22.6. The predicted octanol–water partition coefficient (Wildman–Crippen LogP) is 10.4. The number of nitrogens with zero attached hydrogens (tertiary/aromatic N) is 1. The van der Waals surface area contributed by atoms with Gasteiger partial charge in [-0.25, -0.2) is 9.59 Å². The van der Waals surface area contributed by atoms with Crippen LogP contribution in [0.4, 0.5) is 4.79 Å². The Morgan fingerprint density at radius 3 is 2.05 bits per heavy atom. The van der Waals surface area contributed by atoms with E-state index in [1.165, 1.54) is 63.9 Å². The molecule has 2 aliphatic rings. The summed E-state index contributed by atoms with van der Waals surface area (Å²) in [6.07, 6.45) is 22.9. The number of unbranched alkanes of at least 4 members (excludes halogenated alkanes) is 14. The molecule has 0 spiro atoms. The van der Waals surface area contributed by atoms with Gasteiger partial charge >= 0.3 is 12.1 Å². The maximum absolute atomic E-state index is 12.8. The standard InChI is InChI=1S/C46H83NO11/c1-10-53-41(49)30-26-22-21-25-29-39(54-36-51-9)42-40(56-46(7,8)57-42)32-31-38(48)28-24-20-18-16-14-12-11-13-15-17-19-23-27-33-52-34-37-35-55-45(5,6)47(37)43(50)58-44(2,3)4/h26,30,37,39-40,42H,10-25,27-29,31-36H2,1-9H3/b30-26+/t37-,39+,40+,42-/m0/s1. The average molecular weight is 826 g/mol. The lowest BCUT2D eigenvalue weighted by molar-refractivity contribution is -0.171. The molecule has 2 heterocycles. The highest BCUT2D eigenvalue weighted by Crippen LogP contribution is 2.35. The van der Waals surface area contributed by atoms with Gasteiger partial charge in [-0.05, 0) is 93.9 Å². The fraction of sp³-hybridized carbons (Fsp3) is 0.891. The summed E-state index contributed by atoms with van der Waals surface area (Å²) in [6, 6.07) is -0.134. The molecule has 0 aliphatic carbocycles. The molecule has 0 aromatic carbocycles. The Hall–Kier alpha value is -2.09. The largest absolute Gasteiger partial charge is 0.463 e. The van der Waals surface area contributed by atoms with Crippen molar-refractivity contribution in [1.29, 1.82) is 0 Å². The zero-order chi connectivity index (χ0) is 42.9. The lowest BCUT2D eigenvalue weighted by Gasteiger charge is -2.35. The second-order valence-corrected chi connectivity index (χ2v) is 17.9. The maximum Gasteiger partial charge on any atom is 0.412 e. The van der Waals surface area contributed by atoms with Crippen LogP contribution in [0.15, 0.2) is 12.2 Å². The minimum absolute atomic E-state index is 0.134. The molecule has 2 rings (SSSR count). The predicted molar refractivity (Wildman–Crippen MR) is 226 cm³/mol. The van der Waals surface area contributed by atoms with Crippen LogP contribution in [-0.2, 0) is 47.5 Å². The van der Waals surface area contributed by atoms with Crippen LogP contribution in [0.3, 0.4) is 0 Å². The van der Waals surface area contributed by atoms with Crippen molar-refractivity contribution in [3.05, 3.63) is 12.2 Å². The third kappa shape index (κ3) is 22.5. The van der Waals surface area contributed by atoms with E-state index >= 15 is 0 Å². The normalized spacial score (nSPS) is 20.8. The Morgan fingerprint density at radius 1 is 0.828 bits per heavy atom. The first-order chi connectivity index (χ1) is 27.6. The molecule has 2 fully saturated rings. The van der Waals surface area contributed by atoms with Gasteiger partial charge in [0.25, 0.3) is 0 Å². The van der Waals surface area contributed by atoms with Gasteiger partial charge in [0.05, 0.1) is 38.1 Å². The first-order valence-electron chi connectivity index (χ1n) is 22.6. The van der Waals surface area contributed by atoms with Crippen molar-refractivity contribution in [2.75, 3.05) is 40.3 Å². The number of rotatable bonds is 32. The number of esters is 1. The number of amides is 1. The molecule has 0 aromatic rings. The van der Waals surface area contributed by atoms with Crippen LogP contribution in [0, 0.1) is 0 Å². The highest BCUT2D eigenvalue weighted by Gasteiger charge is 2.46. The van der Waals surface area contributed by atoms with E-state index in [0.717, 1.165) is 51.4 Å². The topological polar surface area (TPSA) is 128 Å².